The van der Waals surface area contributed by atoms with E-state index >= 15 is 0 Å². The molecule has 0 spiro atoms. The van der Waals surface area contributed by atoms with Gasteiger partial charge in [0, 0.05) is 73.8 Å². The third-order valence-corrected chi connectivity index (χ3v) is 17.0. The molecule has 0 bridgehead atoms. The minimum absolute atomic E-state index is 0.00337. The van der Waals surface area contributed by atoms with Gasteiger partial charge in [-0.1, -0.05) is 77.9 Å². The number of aliphatic imine (C=N–C) groups is 1. The fourth-order valence-electron chi connectivity index (χ4n) is 9.45. The molecule has 23 N–H and O–H groups in total. The second kappa shape index (κ2) is 38.0. The molecule has 0 saturated carbocycles. The van der Waals surface area contributed by atoms with Crippen LogP contribution in [0.2, 0.25) is 0 Å². The van der Waals surface area contributed by atoms with Gasteiger partial charge in [0.25, 0.3) is 0 Å². The van der Waals surface area contributed by atoms with Crippen LogP contribution in [0, 0.1) is 5.92 Å². The summed E-state index contributed by atoms with van der Waals surface area (Å²) in [6, 6.07) is 4.72. The van der Waals surface area contributed by atoms with Crippen LogP contribution in [-0.2, 0) is 72.0 Å². The van der Waals surface area contributed by atoms with Crippen LogP contribution in [0.25, 0.3) is 10.9 Å². The number of carbonyl (C=O) groups excluding carboxylic acids is 11. The van der Waals surface area contributed by atoms with Crippen LogP contribution in [0.1, 0.15) is 69.1 Å². The number of nitrogens with two attached hydrogens (primary N) is 4. The lowest BCUT2D eigenvalue weighted by Crippen LogP contribution is -2.61. The van der Waals surface area contributed by atoms with Crippen LogP contribution in [0.3, 0.4) is 0 Å². The molecule has 9 atom stereocenters. The number of benzene rings is 3. The molecule has 33 heteroatoms. The normalized spacial score (nSPS) is 21.8. The van der Waals surface area contributed by atoms with E-state index < -0.39 is 151 Å². The Morgan fingerprint density at radius 2 is 1.23 bits per heavy atom. The summed E-state index contributed by atoms with van der Waals surface area (Å²) in [6.07, 6.45) is 1.38. The number of aliphatic hydroxyl groups is 2. The second-order valence-electron chi connectivity index (χ2n) is 22.2. The predicted octanol–water partition coefficient (Wildman–Crippen LogP) is -3.82. The quantitative estimate of drug-likeness (QED) is 0.0165. The highest BCUT2D eigenvalue weighted by Crippen LogP contribution is 2.25. The minimum atomic E-state index is -1.78. The first-order valence-electron chi connectivity index (χ1n) is 30.0. The molecule has 1 aliphatic rings. The molecule has 1 saturated heterocycles. The van der Waals surface area contributed by atoms with E-state index in [-0.39, 0.29) is 74.0 Å². The number of para-hydroxylation sites is 1. The number of primary amides is 1. The van der Waals surface area contributed by atoms with Gasteiger partial charge in [-0.25, -0.2) is 0 Å². The molecule has 3 aromatic carbocycles. The van der Waals surface area contributed by atoms with Crippen molar-refractivity contribution in [3.63, 3.8) is 0 Å². The van der Waals surface area contributed by atoms with Crippen LogP contribution < -0.4 is 76.1 Å². The first-order chi connectivity index (χ1) is 44.4. The van der Waals surface area contributed by atoms with Gasteiger partial charge in [0.15, 0.2) is 5.96 Å². The maximum Gasteiger partial charge on any atom is 0.245 e. The number of H-pyrrole nitrogens is 1. The number of aromatic amines is 1. The molecule has 5 rings (SSSR count). The van der Waals surface area contributed by atoms with Crippen LogP contribution in [0.5, 0.6) is 11.5 Å². The van der Waals surface area contributed by atoms with Crippen LogP contribution in [0.15, 0.2) is 84.0 Å². The summed E-state index contributed by atoms with van der Waals surface area (Å²) in [5, 5.41) is 67.3. The van der Waals surface area contributed by atoms with Crippen LogP contribution in [0.4, 0.5) is 0 Å². The van der Waals surface area contributed by atoms with E-state index in [1.165, 1.54) is 48.5 Å². The van der Waals surface area contributed by atoms with E-state index in [2.05, 4.69) is 63.1 Å². The lowest BCUT2D eigenvalue weighted by Gasteiger charge is -2.29. The van der Waals surface area contributed by atoms with Gasteiger partial charge in [-0.2, -0.15) is 0 Å². The number of hydrogen-bond donors (Lipinski definition) is 19. The van der Waals surface area contributed by atoms with Crippen molar-refractivity contribution in [2.45, 2.75) is 126 Å². The van der Waals surface area contributed by atoms with Crippen LogP contribution in [-0.4, -0.2) is 195 Å². The van der Waals surface area contributed by atoms with Crippen molar-refractivity contribution in [1.29, 1.82) is 0 Å². The number of aromatic hydroxyl groups is 2. The SMILES string of the molecule is CC(C)[C@@H]1NC(=O)[C@@H](NC(=O)[C@H](Cc2ccc(O)cc2)NC(=O)CCCCN)CSSC[C@@H](C(N)=O)NC(=O)[C@H](CO)NC(=O)[C@H](Cc2c[nH]c3ccccc23)NC(=O)[C@H](CO)NC(=O)CCNC(=O)[C@H](CCCN=C(N)N)NC(=O)[C@H](Cc2ccc(O)cc2)NC1=O. The van der Waals surface area contributed by atoms with Gasteiger partial charge in [-0.15, -0.1) is 0 Å². The molecule has 0 aliphatic carbocycles. The zero-order valence-electron chi connectivity index (χ0n) is 51.4. The van der Waals surface area contributed by atoms with Crippen molar-refractivity contribution < 1.29 is 73.2 Å². The number of carbonyl (C=O) groups is 11. The number of aromatic nitrogens is 1. The van der Waals surface area contributed by atoms with Crippen LogP contribution >= 0.6 is 21.6 Å². The van der Waals surface area contributed by atoms with E-state index in [9.17, 15) is 73.2 Å². The van der Waals surface area contributed by atoms with Gasteiger partial charge in [0.05, 0.1) is 13.2 Å². The summed E-state index contributed by atoms with van der Waals surface area (Å²) in [7, 11) is 1.79. The fraction of sp³-hybridized carbons (Fsp3) is 0.467. The Balaban J connectivity index is 1.54. The smallest absolute Gasteiger partial charge is 0.245 e. The topological polar surface area (TPSA) is 521 Å². The number of rotatable bonds is 21. The molecule has 93 heavy (non-hydrogen) atoms. The zero-order valence-corrected chi connectivity index (χ0v) is 53.1. The number of guanidine groups is 1. The average molecular weight is 1330 g/mol. The van der Waals surface area contributed by atoms with E-state index in [1.54, 1.807) is 44.3 Å². The number of phenolic OH excluding ortho intramolecular Hbond substituents is 2. The minimum Gasteiger partial charge on any atom is -0.508 e. The predicted molar refractivity (Wildman–Crippen MR) is 347 cm³/mol. The second-order valence-corrected chi connectivity index (χ2v) is 24.8. The highest BCUT2D eigenvalue weighted by atomic mass is 33.1. The van der Waals surface area contributed by atoms with Gasteiger partial charge in [0.1, 0.15) is 65.9 Å². The number of aliphatic hydroxyl groups excluding tert-OH is 2. The summed E-state index contributed by atoms with van der Waals surface area (Å²) in [5.74, 6) is -11.9. The number of amides is 11. The van der Waals surface area contributed by atoms with Gasteiger partial charge in [0.2, 0.25) is 65.0 Å². The number of nitrogens with one attached hydrogen (secondary N) is 11. The van der Waals surface area contributed by atoms with E-state index in [0.717, 1.165) is 21.6 Å². The summed E-state index contributed by atoms with van der Waals surface area (Å²) >= 11 is 0. The Morgan fingerprint density at radius 3 is 1.86 bits per heavy atom. The summed E-state index contributed by atoms with van der Waals surface area (Å²) in [6.45, 7) is 1.06. The molecule has 1 aromatic heterocycles. The maximum atomic E-state index is 14.8. The standard InChI is InChI=1S/C60H84N16O15S2/c1-32(2)50-59(91)72-42(25-34-14-18-37(80)19-15-34)54(86)70-40(10-7-22-66-60(63)64)52(84)65-23-20-49(82)69-44(28-77)56(88)71-43(26-35-27-67-39-9-4-3-8-38(35)39)55(87)73-45(29-78)57(89)74-46(51(62)83)30-92-93-31-47(58(90)76-50)75-53(85)41(68-48(81)11-5-6-21-61)24-33-12-16-36(79)17-13-33/h3-4,8-9,12-19,27,32,40-47,50,67,77-80H,5-7,10-11,20-26,28-31,61H2,1-2H3,(H2,62,83)(H,65,84)(H,68,81)(H,69,82)(H,70,86)(H,71,88)(H,72,91)(H,73,87)(H,74,89)(H,75,85)(H,76,90)(H4,63,64,66)/t40-,41-,42-,43-,44-,45-,46-,47-,50-/m0/s1. The molecule has 0 unspecified atom stereocenters. The van der Waals surface area contributed by atoms with Crippen molar-refractivity contribution in [2.75, 3.05) is 44.4 Å². The Bertz CT molecular complexity index is 3240. The van der Waals surface area contributed by atoms with E-state index in [1.807, 2.05) is 0 Å². The van der Waals surface area contributed by atoms with Crippen molar-refractivity contribution in [2.24, 2.45) is 33.8 Å². The molecular formula is C60H84N16O15S2. The van der Waals surface area contributed by atoms with Gasteiger partial charge >= 0.3 is 0 Å². The first-order valence-corrected chi connectivity index (χ1v) is 32.5. The average Bonchev–Trinajstić information content (AvgIpc) is 1.78. The molecule has 2 heterocycles. The molecule has 1 fully saturated rings. The number of phenols is 2. The van der Waals surface area contributed by atoms with Crippen molar-refractivity contribution in [1.82, 2.24) is 58.2 Å². The molecule has 506 valence electrons. The van der Waals surface area contributed by atoms with E-state index in [4.69, 9.17) is 22.9 Å². The molecule has 1 aliphatic heterocycles. The monoisotopic (exact) mass is 1330 g/mol. The zero-order chi connectivity index (χ0) is 68.1. The molecule has 31 nitrogen and oxygen atoms in total. The largest absolute Gasteiger partial charge is 0.508 e. The first kappa shape index (κ1) is 74.5. The number of unbranched alkanes of at least 4 members (excludes halogenated alkanes) is 1. The Labute approximate surface area is 543 Å². The third kappa shape index (κ3) is 24.8. The Morgan fingerprint density at radius 1 is 0.645 bits per heavy atom. The van der Waals surface area contributed by atoms with Gasteiger partial charge < -0.3 is 102 Å². The molecule has 11 amide bonds. The number of nitrogens with zero attached hydrogens (tertiary/aromatic N) is 1. The highest BCUT2D eigenvalue weighted by molar-refractivity contribution is 8.76. The van der Waals surface area contributed by atoms with E-state index in [0.29, 0.717) is 47.0 Å². The Hall–Kier alpha value is -9.18. The number of fused-ring (bicyclic) bond motifs is 1. The lowest BCUT2D eigenvalue weighted by molar-refractivity contribution is -0.135. The molecule has 0 radical (unpaired) electrons. The van der Waals surface area contributed by atoms with Crippen molar-refractivity contribution in [3.05, 3.63) is 95.7 Å². The third-order valence-electron chi connectivity index (χ3n) is 14.6. The maximum absolute atomic E-state index is 14.8. The summed E-state index contributed by atoms with van der Waals surface area (Å²) in [5.41, 5.74) is 24.6. The molecular weight excluding hydrogens is 1250 g/mol. The Kier molecular flexibility index (Phi) is 30.4. The van der Waals surface area contributed by atoms with Crippen molar-refractivity contribution in [3.8, 4) is 11.5 Å². The van der Waals surface area contributed by atoms with Gasteiger partial charge in [-0.3, -0.25) is 57.7 Å². The summed E-state index contributed by atoms with van der Waals surface area (Å²) in [4.78, 5) is 161. The fourth-order valence-corrected chi connectivity index (χ4v) is 11.8. The lowest BCUT2D eigenvalue weighted by atomic mass is 10.00. The summed E-state index contributed by atoms with van der Waals surface area (Å²) < 4.78 is 0. The highest BCUT2D eigenvalue weighted by Gasteiger charge is 2.36. The van der Waals surface area contributed by atoms with Crippen molar-refractivity contribution >= 4 is 103 Å². The van der Waals surface area contributed by atoms with Gasteiger partial charge in [-0.05, 0) is 85.2 Å². The molecule has 4 aromatic rings. The number of hydrogen-bond acceptors (Lipinski definition) is 19.